The molecule has 0 heterocycles. The Morgan fingerprint density at radius 3 is 2.37 bits per heavy atom. The van der Waals surface area contributed by atoms with Crippen LogP contribution in [0, 0.1) is 5.92 Å². The van der Waals surface area contributed by atoms with Crippen LogP contribution in [0.2, 0.25) is 0 Å². The zero-order chi connectivity index (χ0) is 14.4. The van der Waals surface area contributed by atoms with Gasteiger partial charge >= 0.3 is 0 Å². The fourth-order valence-corrected chi connectivity index (χ4v) is 1.83. The summed E-state index contributed by atoms with van der Waals surface area (Å²) in [4.78, 5) is 25.1. The predicted molar refractivity (Wildman–Crippen MR) is 74.5 cm³/mol. The summed E-state index contributed by atoms with van der Waals surface area (Å²) >= 11 is 0. The van der Waals surface area contributed by atoms with Crippen LogP contribution in [0.25, 0.3) is 0 Å². The molecule has 0 radical (unpaired) electrons. The molecule has 0 aliphatic rings. The van der Waals surface area contributed by atoms with Gasteiger partial charge < -0.3 is 16.0 Å². The van der Waals surface area contributed by atoms with E-state index in [1.165, 1.54) is 0 Å². The van der Waals surface area contributed by atoms with Crippen molar-refractivity contribution in [2.75, 3.05) is 20.6 Å². The Labute approximate surface area is 113 Å². The zero-order valence-corrected chi connectivity index (χ0v) is 11.6. The van der Waals surface area contributed by atoms with Gasteiger partial charge in [0, 0.05) is 32.7 Å². The van der Waals surface area contributed by atoms with Gasteiger partial charge in [-0.25, -0.2) is 0 Å². The van der Waals surface area contributed by atoms with Gasteiger partial charge in [-0.15, -0.1) is 0 Å². The molecule has 104 valence electrons. The van der Waals surface area contributed by atoms with Crippen LogP contribution in [-0.2, 0) is 11.3 Å². The van der Waals surface area contributed by atoms with E-state index in [0.717, 1.165) is 5.56 Å². The van der Waals surface area contributed by atoms with Crippen LogP contribution in [0.1, 0.15) is 22.8 Å². The Hall–Kier alpha value is -1.88. The minimum Gasteiger partial charge on any atom is -0.359 e. The highest BCUT2D eigenvalue weighted by molar-refractivity contribution is 5.94. The molecule has 0 spiro atoms. The summed E-state index contributed by atoms with van der Waals surface area (Å²) in [5, 5.41) is 2.57. The van der Waals surface area contributed by atoms with Crippen molar-refractivity contribution < 1.29 is 9.59 Å². The van der Waals surface area contributed by atoms with E-state index in [4.69, 9.17) is 5.73 Å². The normalized spacial score (nSPS) is 11.8. The number of benzene rings is 1. The van der Waals surface area contributed by atoms with Crippen molar-refractivity contribution in [1.82, 2.24) is 10.2 Å². The van der Waals surface area contributed by atoms with Crippen LogP contribution in [0.5, 0.6) is 0 Å². The second kappa shape index (κ2) is 6.89. The number of carbonyl (C=O) groups excluding carboxylic acids is 2. The van der Waals surface area contributed by atoms with E-state index in [9.17, 15) is 9.59 Å². The molecule has 0 saturated heterocycles. The van der Waals surface area contributed by atoms with Gasteiger partial charge in [0.25, 0.3) is 5.91 Å². The molecule has 19 heavy (non-hydrogen) atoms. The molecule has 1 aromatic rings. The van der Waals surface area contributed by atoms with Crippen LogP contribution >= 0.6 is 0 Å². The molecule has 1 unspecified atom stereocenters. The van der Waals surface area contributed by atoms with Crippen molar-refractivity contribution in [3.63, 3.8) is 0 Å². The predicted octanol–water partition coefficient (Wildman–Crippen LogP) is 0.599. The largest absolute Gasteiger partial charge is 0.359 e. The molecule has 0 fully saturated rings. The van der Waals surface area contributed by atoms with Crippen molar-refractivity contribution in [2.45, 2.75) is 13.5 Å². The lowest BCUT2D eigenvalue weighted by Gasteiger charge is -2.20. The van der Waals surface area contributed by atoms with E-state index in [-0.39, 0.29) is 17.7 Å². The van der Waals surface area contributed by atoms with Gasteiger partial charge in [0.15, 0.2) is 0 Å². The average Bonchev–Trinajstić information content (AvgIpc) is 2.45. The van der Waals surface area contributed by atoms with Gasteiger partial charge in [0.2, 0.25) is 5.91 Å². The molecule has 1 rings (SSSR count). The minimum atomic E-state index is -0.234. The summed E-state index contributed by atoms with van der Waals surface area (Å²) in [5.41, 5.74) is 7.10. The number of nitrogens with two attached hydrogens (primary N) is 1. The molecule has 1 atom stereocenters. The van der Waals surface area contributed by atoms with E-state index in [0.29, 0.717) is 18.7 Å². The molecule has 5 nitrogen and oxygen atoms in total. The first-order valence-corrected chi connectivity index (χ1v) is 6.25. The number of amides is 2. The smallest absolute Gasteiger partial charge is 0.253 e. The van der Waals surface area contributed by atoms with Crippen LogP contribution in [0.4, 0.5) is 0 Å². The first-order valence-electron chi connectivity index (χ1n) is 6.25. The summed E-state index contributed by atoms with van der Waals surface area (Å²) < 4.78 is 0. The van der Waals surface area contributed by atoms with E-state index < -0.39 is 0 Å². The van der Waals surface area contributed by atoms with Crippen LogP contribution in [0.15, 0.2) is 24.3 Å². The fraction of sp³-hybridized carbons (Fsp3) is 0.429. The average molecular weight is 263 g/mol. The van der Waals surface area contributed by atoms with Gasteiger partial charge in [0.05, 0.1) is 5.92 Å². The number of nitrogens with zero attached hydrogens (tertiary/aromatic N) is 1. The van der Waals surface area contributed by atoms with Crippen molar-refractivity contribution in [3.8, 4) is 0 Å². The highest BCUT2D eigenvalue weighted by Crippen LogP contribution is 2.08. The van der Waals surface area contributed by atoms with Crippen LogP contribution in [-0.4, -0.2) is 37.4 Å². The second-order valence-electron chi connectivity index (χ2n) is 4.60. The van der Waals surface area contributed by atoms with Crippen LogP contribution in [0.3, 0.4) is 0 Å². The molecular formula is C14H21N3O2. The molecule has 1 aromatic carbocycles. The Morgan fingerprint density at radius 1 is 1.32 bits per heavy atom. The third-order valence-corrected chi connectivity index (χ3v) is 3.02. The van der Waals surface area contributed by atoms with Crippen molar-refractivity contribution >= 4 is 11.8 Å². The first kappa shape index (κ1) is 15.2. The Bertz CT molecular complexity index is 443. The van der Waals surface area contributed by atoms with E-state index in [2.05, 4.69) is 5.32 Å². The monoisotopic (exact) mass is 263 g/mol. The first-order chi connectivity index (χ1) is 8.99. The fourth-order valence-electron chi connectivity index (χ4n) is 1.83. The zero-order valence-electron chi connectivity index (χ0n) is 11.6. The Morgan fingerprint density at radius 2 is 1.89 bits per heavy atom. The van der Waals surface area contributed by atoms with Gasteiger partial charge in [-0.1, -0.05) is 19.1 Å². The maximum atomic E-state index is 12.2. The molecule has 0 aliphatic heterocycles. The quantitative estimate of drug-likeness (QED) is 0.817. The lowest BCUT2D eigenvalue weighted by Crippen LogP contribution is -2.37. The van der Waals surface area contributed by atoms with E-state index >= 15 is 0 Å². The molecule has 0 bridgehead atoms. The summed E-state index contributed by atoms with van der Waals surface area (Å²) in [7, 11) is 3.28. The molecule has 2 amide bonds. The van der Waals surface area contributed by atoms with Gasteiger partial charge in [-0.2, -0.15) is 0 Å². The molecule has 0 aromatic heterocycles. The number of hydrogen-bond acceptors (Lipinski definition) is 3. The second-order valence-corrected chi connectivity index (χ2v) is 4.60. The summed E-state index contributed by atoms with van der Waals surface area (Å²) in [6.45, 7) is 2.63. The number of nitrogens with one attached hydrogen (secondary N) is 1. The summed E-state index contributed by atoms with van der Waals surface area (Å²) in [6.07, 6.45) is 0. The lowest BCUT2D eigenvalue weighted by atomic mass is 10.1. The van der Waals surface area contributed by atoms with Crippen LogP contribution < -0.4 is 11.1 Å². The SMILES string of the molecule is CNC(=O)C(C)CN(C)C(=O)c1ccc(CN)cc1. The number of rotatable bonds is 5. The minimum absolute atomic E-state index is 0.0712. The molecule has 5 heteroatoms. The van der Waals surface area contributed by atoms with Crippen molar-refractivity contribution in [2.24, 2.45) is 11.7 Å². The molecular weight excluding hydrogens is 242 g/mol. The number of carbonyl (C=O) groups is 2. The van der Waals surface area contributed by atoms with Crippen molar-refractivity contribution in [1.29, 1.82) is 0 Å². The van der Waals surface area contributed by atoms with E-state index in [1.54, 1.807) is 38.1 Å². The standard InChI is InChI=1S/C14H21N3O2/c1-10(13(18)16-2)9-17(3)14(19)12-6-4-11(8-15)5-7-12/h4-7,10H,8-9,15H2,1-3H3,(H,16,18). The third-order valence-electron chi connectivity index (χ3n) is 3.02. The lowest BCUT2D eigenvalue weighted by molar-refractivity contribution is -0.124. The van der Waals surface area contributed by atoms with E-state index in [1.807, 2.05) is 12.1 Å². The highest BCUT2D eigenvalue weighted by atomic mass is 16.2. The van der Waals surface area contributed by atoms with Gasteiger partial charge in [-0.3, -0.25) is 9.59 Å². The molecule has 0 aliphatic carbocycles. The van der Waals surface area contributed by atoms with Crippen molar-refractivity contribution in [3.05, 3.63) is 35.4 Å². The molecule has 0 saturated carbocycles. The summed E-state index contributed by atoms with van der Waals surface area (Å²) in [5.74, 6) is -0.403. The summed E-state index contributed by atoms with van der Waals surface area (Å²) in [6, 6.07) is 7.18. The van der Waals surface area contributed by atoms with Gasteiger partial charge in [0.1, 0.15) is 0 Å². The highest BCUT2D eigenvalue weighted by Gasteiger charge is 2.18. The Kier molecular flexibility index (Phi) is 5.51. The third kappa shape index (κ3) is 4.06. The molecule has 3 N–H and O–H groups in total. The topological polar surface area (TPSA) is 75.4 Å². The number of hydrogen-bond donors (Lipinski definition) is 2. The maximum Gasteiger partial charge on any atom is 0.253 e. The Balaban J connectivity index is 2.68. The van der Waals surface area contributed by atoms with Gasteiger partial charge in [-0.05, 0) is 17.7 Å². The maximum absolute atomic E-state index is 12.2.